The molecular formula is C12H14N2O6. The van der Waals surface area contributed by atoms with Crippen LogP contribution in [0.2, 0.25) is 0 Å². The summed E-state index contributed by atoms with van der Waals surface area (Å²) in [5.74, 6) is -0.999. The zero-order valence-corrected chi connectivity index (χ0v) is 10.6. The largest absolute Gasteiger partial charge is 0.482 e. The molecule has 8 nitrogen and oxygen atoms in total. The number of rotatable bonds is 7. The average Bonchev–Trinajstić information content (AvgIpc) is 2.35. The second-order valence-corrected chi connectivity index (χ2v) is 4.28. The lowest BCUT2D eigenvalue weighted by molar-refractivity contribution is -0.384. The first-order valence-electron chi connectivity index (χ1n) is 6.05. The van der Waals surface area contributed by atoms with Crippen LogP contribution in [0.1, 0.15) is 6.42 Å². The minimum atomic E-state index is -1.14. The summed E-state index contributed by atoms with van der Waals surface area (Å²) in [5, 5.41) is 22.5. The standard InChI is InChI=1S/C12H14N2O6/c15-12(16)7-20-8-1-2-10(11(5-8)14(17)18)13-6-9-3-4-19-9/h1-2,5,9,13H,3-4,6-7H2,(H,15,16)/t9-/m0/s1. The van der Waals surface area contributed by atoms with Crippen molar-refractivity contribution in [3.63, 3.8) is 0 Å². The zero-order chi connectivity index (χ0) is 14.5. The fourth-order valence-corrected chi connectivity index (χ4v) is 1.72. The maximum absolute atomic E-state index is 11.0. The number of hydrogen-bond donors (Lipinski definition) is 2. The molecule has 8 heteroatoms. The molecule has 0 aromatic heterocycles. The Labute approximate surface area is 114 Å². The Balaban J connectivity index is 2.06. The van der Waals surface area contributed by atoms with Crippen molar-refractivity contribution in [2.75, 3.05) is 25.1 Å². The molecule has 1 aliphatic rings. The molecule has 1 aromatic carbocycles. The molecule has 1 heterocycles. The third-order valence-corrected chi connectivity index (χ3v) is 2.84. The third-order valence-electron chi connectivity index (χ3n) is 2.84. The molecule has 0 spiro atoms. The summed E-state index contributed by atoms with van der Waals surface area (Å²) in [6.45, 7) is 0.673. The highest BCUT2D eigenvalue weighted by Gasteiger charge is 2.20. The quantitative estimate of drug-likeness (QED) is 0.572. The van der Waals surface area contributed by atoms with Crippen LogP contribution < -0.4 is 10.1 Å². The van der Waals surface area contributed by atoms with E-state index in [9.17, 15) is 14.9 Å². The summed E-state index contributed by atoms with van der Waals surface area (Å²) >= 11 is 0. The number of benzene rings is 1. The number of nitro benzene ring substituents is 1. The van der Waals surface area contributed by atoms with Gasteiger partial charge in [0.1, 0.15) is 11.4 Å². The molecule has 1 atom stereocenters. The van der Waals surface area contributed by atoms with Gasteiger partial charge in [-0.1, -0.05) is 0 Å². The van der Waals surface area contributed by atoms with Crippen molar-refractivity contribution in [3.8, 4) is 5.75 Å². The van der Waals surface area contributed by atoms with Gasteiger partial charge < -0.3 is 19.9 Å². The molecule has 1 aromatic rings. The fraction of sp³-hybridized carbons (Fsp3) is 0.417. The van der Waals surface area contributed by atoms with Gasteiger partial charge in [-0.25, -0.2) is 4.79 Å². The van der Waals surface area contributed by atoms with E-state index in [0.717, 1.165) is 13.0 Å². The van der Waals surface area contributed by atoms with Crippen LogP contribution in [0, 0.1) is 10.1 Å². The number of nitro groups is 1. The monoisotopic (exact) mass is 282 g/mol. The van der Waals surface area contributed by atoms with Crippen LogP contribution in [-0.2, 0) is 9.53 Å². The number of anilines is 1. The molecular weight excluding hydrogens is 268 g/mol. The van der Waals surface area contributed by atoms with Crippen LogP contribution in [0.15, 0.2) is 18.2 Å². The van der Waals surface area contributed by atoms with Gasteiger partial charge in [-0.05, 0) is 18.6 Å². The number of nitrogens with zero attached hydrogens (tertiary/aromatic N) is 1. The third kappa shape index (κ3) is 3.58. The highest BCUT2D eigenvalue weighted by Crippen LogP contribution is 2.29. The van der Waals surface area contributed by atoms with Crippen LogP contribution in [0.4, 0.5) is 11.4 Å². The number of hydrogen-bond acceptors (Lipinski definition) is 6. The second kappa shape index (κ2) is 6.20. The number of carboxylic acids is 1. The molecule has 0 saturated carbocycles. The zero-order valence-electron chi connectivity index (χ0n) is 10.6. The minimum Gasteiger partial charge on any atom is -0.482 e. The molecule has 108 valence electrons. The lowest BCUT2D eigenvalue weighted by atomic mass is 10.2. The van der Waals surface area contributed by atoms with Crippen LogP contribution in [-0.4, -0.2) is 41.9 Å². The Morgan fingerprint density at radius 1 is 1.60 bits per heavy atom. The Bertz CT molecular complexity index is 515. The lowest BCUT2D eigenvalue weighted by Crippen LogP contribution is -2.33. The Hall–Kier alpha value is -2.35. The van der Waals surface area contributed by atoms with Gasteiger partial charge in [-0.15, -0.1) is 0 Å². The van der Waals surface area contributed by atoms with Crippen molar-refractivity contribution in [1.82, 2.24) is 0 Å². The lowest BCUT2D eigenvalue weighted by Gasteiger charge is -2.26. The van der Waals surface area contributed by atoms with Gasteiger partial charge in [0.2, 0.25) is 0 Å². The highest BCUT2D eigenvalue weighted by molar-refractivity contribution is 5.69. The van der Waals surface area contributed by atoms with E-state index in [1.54, 1.807) is 0 Å². The Morgan fingerprint density at radius 3 is 2.90 bits per heavy atom. The van der Waals surface area contributed by atoms with E-state index in [2.05, 4.69) is 5.32 Å². The number of nitrogens with one attached hydrogen (secondary N) is 1. The number of carboxylic acid groups (broad SMARTS) is 1. The van der Waals surface area contributed by atoms with Crippen LogP contribution in [0.5, 0.6) is 5.75 Å². The molecule has 1 aliphatic heterocycles. The van der Waals surface area contributed by atoms with E-state index < -0.39 is 17.5 Å². The highest BCUT2D eigenvalue weighted by atomic mass is 16.6. The van der Waals surface area contributed by atoms with E-state index in [1.807, 2.05) is 0 Å². The summed E-state index contributed by atoms with van der Waals surface area (Å²) in [5.41, 5.74) is 0.195. The van der Waals surface area contributed by atoms with Crippen LogP contribution >= 0.6 is 0 Å². The van der Waals surface area contributed by atoms with E-state index >= 15 is 0 Å². The van der Waals surface area contributed by atoms with Gasteiger partial charge in [0.05, 0.1) is 17.1 Å². The average molecular weight is 282 g/mol. The maximum Gasteiger partial charge on any atom is 0.341 e. The summed E-state index contributed by atoms with van der Waals surface area (Å²) in [6, 6.07) is 4.18. The number of aliphatic carboxylic acids is 1. The second-order valence-electron chi connectivity index (χ2n) is 4.28. The predicted octanol–water partition coefficient (Wildman–Crippen LogP) is 1.26. The molecule has 0 bridgehead atoms. The van der Waals surface area contributed by atoms with Crippen molar-refractivity contribution in [2.24, 2.45) is 0 Å². The van der Waals surface area contributed by atoms with Crippen molar-refractivity contribution >= 4 is 17.3 Å². The van der Waals surface area contributed by atoms with Gasteiger partial charge in [-0.3, -0.25) is 10.1 Å². The van der Waals surface area contributed by atoms with Gasteiger partial charge >= 0.3 is 5.97 Å². The number of ether oxygens (including phenoxy) is 2. The minimum absolute atomic E-state index is 0.0811. The smallest absolute Gasteiger partial charge is 0.341 e. The molecule has 1 fully saturated rings. The van der Waals surface area contributed by atoms with Crippen molar-refractivity contribution in [3.05, 3.63) is 28.3 Å². The molecule has 1 saturated heterocycles. The van der Waals surface area contributed by atoms with Crippen molar-refractivity contribution < 1.29 is 24.3 Å². The predicted molar refractivity (Wildman–Crippen MR) is 69.1 cm³/mol. The Kier molecular flexibility index (Phi) is 4.36. The molecule has 20 heavy (non-hydrogen) atoms. The molecule has 0 aliphatic carbocycles. The first-order valence-corrected chi connectivity index (χ1v) is 6.05. The van der Waals surface area contributed by atoms with Gasteiger partial charge in [0.15, 0.2) is 6.61 Å². The first kappa shape index (κ1) is 14.1. The van der Waals surface area contributed by atoms with Gasteiger partial charge in [0, 0.05) is 13.2 Å². The van der Waals surface area contributed by atoms with E-state index in [0.29, 0.717) is 12.2 Å². The maximum atomic E-state index is 11.0. The summed E-state index contributed by atoms with van der Waals surface area (Å²) in [7, 11) is 0. The van der Waals surface area contributed by atoms with Crippen LogP contribution in [0.25, 0.3) is 0 Å². The number of carbonyl (C=O) groups is 1. The molecule has 0 unspecified atom stereocenters. The SMILES string of the molecule is O=C(O)COc1ccc(NC[C@@H]2CCO2)c([N+](=O)[O-])c1. The molecule has 0 radical (unpaired) electrons. The van der Waals surface area contributed by atoms with Gasteiger partial charge in [0.25, 0.3) is 5.69 Å². The summed E-state index contributed by atoms with van der Waals surface area (Å²) in [4.78, 5) is 20.8. The van der Waals surface area contributed by atoms with E-state index in [1.165, 1.54) is 18.2 Å². The van der Waals surface area contributed by atoms with E-state index in [4.69, 9.17) is 14.6 Å². The summed E-state index contributed by atoms with van der Waals surface area (Å²) in [6.07, 6.45) is 1.01. The van der Waals surface area contributed by atoms with Crippen molar-refractivity contribution in [2.45, 2.75) is 12.5 Å². The normalized spacial score (nSPS) is 17.1. The first-order chi connectivity index (χ1) is 9.56. The fourth-order valence-electron chi connectivity index (χ4n) is 1.72. The molecule has 2 rings (SSSR count). The van der Waals surface area contributed by atoms with Gasteiger partial charge in [-0.2, -0.15) is 0 Å². The Morgan fingerprint density at radius 2 is 2.35 bits per heavy atom. The summed E-state index contributed by atoms with van der Waals surface area (Å²) < 4.78 is 10.1. The van der Waals surface area contributed by atoms with Crippen molar-refractivity contribution in [1.29, 1.82) is 0 Å². The van der Waals surface area contributed by atoms with E-state index in [-0.39, 0.29) is 17.5 Å². The topological polar surface area (TPSA) is 111 Å². The molecule has 2 N–H and O–H groups in total. The van der Waals surface area contributed by atoms with Crippen LogP contribution in [0.3, 0.4) is 0 Å². The molecule has 0 amide bonds.